The maximum Gasteiger partial charge on any atom is 0.321 e. The lowest BCUT2D eigenvalue weighted by atomic mass is 9.71. The fourth-order valence-electron chi connectivity index (χ4n) is 6.93. The van der Waals surface area contributed by atoms with Gasteiger partial charge in [-0.05, 0) is 44.5 Å². The van der Waals surface area contributed by atoms with E-state index >= 15 is 0 Å². The molecule has 0 aliphatic carbocycles. The summed E-state index contributed by atoms with van der Waals surface area (Å²) in [7, 11) is 2.03. The van der Waals surface area contributed by atoms with E-state index in [1.807, 2.05) is 11.9 Å². The first kappa shape index (κ1) is 26.0. The number of rotatable bonds is 2. The Morgan fingerprint density at radius 3 is 2.41 bits per heavy atom. The van der Waals surface area contributed by atoms with Crippen LogP contribution >= 0.6 is 11.6 Å². The monoisotopic (exact) mass is 551 g/mol. The van der Waals surface area contributed by atoms with E-state index in [4.69, 9.17) is 11.6 Å². The summed E-state index contributed by atoms with van der Waals surface area (Å²) in [6, 6.07) is 11.8. The molecule has 2 aromatic carbocycles. The third-order valence-electron chi connectivity index (χ3n) is 8.91. The summed E-state index contributed by atoms with van der Waals surface area (Å²) in [5, 5.41) is 14.5. The number of hydrogen-bond acceptors (Lipinski definition) is 5. The van der Waals surface area contributed by atoms with E-state index in [9.17, 15) is 19.5 Å². The van der Waals surface area contributed by atoms with Crippen LogP contribution in [0.1, 0.15) is 36.3 Å². The number of fused-ring (bicyclic) bond motifs is 2. The molecule has 4 aliphatic rings. The van der Waals surface area contributed by atoms with Crippen LogP contribution in [0.2, 0.25) is 5.02 Å². The lowest BCUT2D eigenvalue weighted by Gasteiger charge is -2.41. The Hall–Kier alpha value is -3.30. The second-order valence-electron chi connectivity index (χ2n) is 11.1. The smallest absolute Gasteiger partial charge is 0.321 e. The third-order valence-corrected chi connectivity index (χ3v) is 9.14. The van der Waals surface area contributed by atoms with Gasteiger partial charge in [-0.3, -0.25) is 9.59 Å². The van der Waals surface area contributed by atoms with Gasteiger partial charge in [0.05, 0.1) is 5.92 Å². The number of anilines is 1. The topological polar surface area (TPSA) is 96.4 Å². The molecule has 4 amide bonds. The zero-order valence-corrected chi connectivity index (χ0v) is 22.9. The number of likely N-dealkylation sites (tertiary alicyclic amines) is 2. The molecule has 2 aromatic rings. The zero-order valence-electron chi connectivity index (χ0n) is 22.1. The number of aromatic hydroxyl groups is 1. The summed E-state index contributed by atoms with van der Waals surface area (Å²) < 4.78 is 0. The van der Waals surface area contributed by atoms with Crippen molar-refractivity contribution < 1.29 is 19.5 Å². The standard InChI is InChI=1S/C29H34ClN5O4/c1-32-13-15-33(16-14-32)26(37)21-18-35(28(39)34-11-5-2-6-12-34)29(25(21)20-7-3-4-8-24(20)36)22-10-9-19(30)17-23(22)31-27(29)38/h3-4,7-10,17,21,25,36H,2,5-6,11-16,18H2,1H3,(H,31,38). The van der Waals surface area contributed by atoms with Crippen molar-refractivity contribution >= 4 is 35.1 Å². The van der Waals surface area contributed by atoms with E-state index < -0.39 is 17.4 Å². The summed E-state index contributed by atoms with van der Waals surface area (Å²) in [6.07, 6.45) is 2.86. The van der Waals surface area contributed by atoms with Crippen molar-refractivity contribution in [2.24, 2.45) is 5.92 Å². The predicted molar refractivity (Wildman–Crippen MR) is 148 cm³/mol. The Kier molecular flexibility index (Phi) is 6.67. The summed E-state index contributed by atoms with van der Waals surface area (Å²) in [5.41, 5.74) is 0.0957. The van der Waals surface area contributed by atoms with E-state index in [1.54, 1.807) is 52.3 Å². The highest BCUT2D eigenvalue weighted by atomic mass is 35.5. The predicted octanol–water partition coefficient (Wildman–Crippen LogP) is 3.29. The van der Waals surface area contributed by atoms with Crippen LogP contribution in [0.15, 0.2) is 42.5 Å². The first-order valence-corrected chi connectivity index (χ1v) is 14.1. The van der Waals surface area contributed by atoms with Crippen molar-refractivity contribution in [3.8, 4) is 5.75 Å². The van der Waals surface area contributed by atoms with Gasteiger partial charge in [0.15, 0.2) is 5.54 Å². The molecule has 0 radical (unpaired) electrons. The van der Waals surface area contributed by atoms with E-state index in [0.29, 0.717) is 48.0 Å². The highest BCUT2D eigenvalue weighted by molar-refractivity contribution is 6.31. The second-order valence-corrected chi connectivity index (χ2v) is 11.6. The summed E-state index contributed by atoms with van der Waals surface area (Å²) in [6.45, 7) is 3.95. The molecule has 3 unspecified atom stereocenters. The first-order valence-electron chi connectivity index (χ1n) is 13.8. The Morgan fingerprint density at radius 1 is 0.974 bits per heavy atom. The number of nitrogens with zero attached hydrogens (tertiary/aromatic N) is 4. The third kappa shape index (κ3) is 4.14. The van der Waals surface area contributed by atoms with Crippen molar-refractivity contribution in [1.29, 1.82) is 0 Å². The van der Waals surface area contributed by atoms with Gasteiger partial charge >= 0.3 is 6.03 Å². The van der Waals surface area contributed by atoms with Crippen LogP contribution in [0, 0.1) is 5.92 Å². The molecule has 9 nitrogen and oxygen atoms in total. The molecule has 4 heterocycles. The molecule has 0 saturated carbocycles. The first-order chi connectivity index (χ1) is 18.8. The molecule has 6 rings (SSSR count). The molecule has 0 aromatic heterocycles. The molecular weight excluding hydrogens is 518 g/mol. The van der Waals surface area contributed by atoms with Crippen LogP contribution in [0.3, 0.4) is 0 Å². The fourth-order valence-corrected chi connectivity index (χ4v) is 7.11. The molecule has 3 fully saturated rings. The minimum atomic E-state index is -1.51. The summed E-state index contributed by atoms with van der Waals surface area (Å²) in [5.74, 6) is -1.99. The van der Waals surface area contributed by atoms with Crippen LogP contribution < -0.4 is 5.32 Å². The number of carbonyl (C=O) groups is 3. The number of phenols is 1. The second kappa shape index (κ2) is 10.0. The van der Waals surface area contributed by atoms with E-state index in [2.05, 4.69) is 10.2 Å². The number of carbonyl (C=O) groups excluding carboxylic acids is 3. The van der Waals surface area contributed by atoms with Gasteiger partial charge < -0.3 is 30.0 Å². The Morgan fingerprint density at radius 2 is 1.69 bits per heavy atom. The molecule has 206 valence electrons. The summed E-state index contributed by atoms with van der Waals surface area (Å²) in [4.78, 5) is 50.3. The maximum absolute atomic E-state index is 14.3. The molecule has 3 saturated heterocycles. The van der Waals surface area contributed by atoms with E-state index in [-0.39, 0.29) is 30.1 Å². The van der Waals surface area contributed by atoms with Gasteiger partial charge in [0.25, 0.3) is 5.91 Å². The number of phenolic OH excluding ortho intramolecular Hbond substituents is 1. The van der Waals surface area contributed by atoms with Gasteiger partial charge in [0, 0.05) is 73.6 Å². The number of hydrogen-bond donors (Lipinski definition) is 2. The molecule has 3 atom stereocenters. The van der Waals surface area contributed by atoms with E-state index in [1.165, 1.54) is 0 Å². The molecule has 10 heteroatoms. The number of nitrogens with one attached hydrogen (secondary N) is 1. The lowest BCUT2D eigenvalue weighted by molar-refractivity contribution is -0.137. The minimum Gasteiger partial charge on any atom is -0.508 e. The molecule has 2 N–H and O–H groups in total. The Balaban J connectivity index is 1.54. The van der Waals surface area contributed by atoms with Crippen LogP contribution in [0.5, 0.6) is 5.75 Å². The molecule has 1 spiro atoms. The number of piperidine rings is 1. The molecular formula is C29H34ClN5O4. The average molecular weight is 552 g/mol. The maximum atomic E-state index is 14.3. The van der Waals surface area contributed by atoms with Gasteiger partial charge in [-0.15, -0.1) is 0 Å². The van der Waals surface area contributed by atoms with Crippen molar-refractivity contribution in [3.05, 3.63) is 58.6 Å². The largest absolute Gasteiger partial charge is 0.508 e. The SMILES string of the molecule is CN1CCN(C(=O)C2CN(C(=O)N3CCCCC3)C3(C(=O)Nc4cc(Cl)ccc43)C2c2ccccc2O)CC1. The highest BCUT2D eigenvalue weighted by Gasteiger charge is 2.67. The average Bonchev–Trinajstić information content (AvgIpc) is 3.44. The van der Waals surface area contributed by atoms with E-state index in [0.717, 1.165) is 32.4 Å². The molecule has 39 heavy (non-hydrogen) atoms. The quantitative estimate of drug-likeness (QED) is 0.597. The summed E-state index contributed by atoms with van der Waals surface area (Å²) >= 11 is 6.31. The molecule has 4 aliphatic heterocycles. The normalized spacial score (nSPS) is 27.1. The zero-order chi connectivity index (χ0) is 27.3. The van der Waals surface area contributed by atoms with Gasteiger partial charge in [-0.2, -0.15) is 0 Å². The number of benzene rings is 2. The van der Waals surface area contributed by atoms with Crippen LogP contribution in [-0.4, -0.2) is 95.4 Å². The molecule has 0 bridgehead atoms. The highest BCUT2D eigenvalue weighted by Crippen LogP contribution is 2.59. The van der Waals surface area contributed by atoms with Gasteiger partial charge in [0.1, 0.15) is 5.75 Å². The van der Waals surface area contributed by atoms with Gasteiger partial charge in [0.2, 0.25) is 5.91 Å². The lowest BCUT2D eigenvalue weighted by Crippen LogP contribution is -2.56. The Labute approximate surface area is 233 Å². The van der Waals surface area contributed by atoms with Crippen molar-refractivity contribution in [2.75, 3.05) is 58.2 Å². The number of piperazine rings is 1. The van der Waals surface area contributed by atoms with Crippen molar-refractivity contribution in [1.82, 2.24) is 19.6 Å². The van der Waals surface area contributed by atoms with Crippen molar-refractivity contribution in [3.63, 3.8) is 0 Å². The van der Waals surface area contributed by atoms with Gasteiger partial charge in [-0.1, -0.05) is 35.9 Å². The van der Waals surface area contributed by atoms with Gasteiger partial charge in [-0.25, -0.2) is 4.79 Å². The van der Waals surface area contributed by atoms with Crippen LogP contribution in [-0.2, 0) is 15.1 Å². The number of urea groups is 1. The van der Waals surface area contributed by atoms with Crippen LogP contribution in [0.25, 0.3) is 0 Å². The minimum absolute atomic E-state index is 0.000498. The number of para-hydroxylation sites is 1. The number of amides is 4. The number of likely N-dealkylation sites (N-methyl/N-ethyl adjacent to an activating group) is 1. The fraction of sp³-hybridized carbons (Fsp3) is 0.483. The van der Waals surface area contributed by atoms with Crippen LogP contribution in [0.4, 0.5) is 10.5 Å². The Bertz CT molecular complexity index is 1310. The van der Waals surface area contributed by atoms with Crippen molar-refractivity contribution in [2.45, 2.75) is 30.7 Å². The number of halogens is 1.